The van der Waals surface area contributed by atoms with Crippen LogP contribution in [0.1, 0.15) is 37.8 Å². The van der Waals surface area contributed by atoms with Gasteiger partial charge in [-0.3, -0.25) is 0 Å². The summed E-state index contributed by atoms with van der Waals surface area (Å²) in [6, 6.07) is 4.86. The Labute approximate surface area is 111 Å². The second-order valence-electron chi connectivity index (χ2n) is 3.92. The van der Waals surface area contributed by atoms with Crippen molar-refractivity contribution in [2.75, 3.05) is 6.54 Å². The van der Waals surface area contributed by atoms with Gasteiger partial charge in [-0.15, -0.1) is 12.3 Å². The number of nitrogens with one attached hydrogen (secondary N) is 1. The maximum atomic E-state index is 13.3. The first-order chi connectivity index (χ1) is 8.19. The molecule has 0 aliphatic rings. The average Bonchev–Trinajstić information content (AvgIpc) is 2.33. The van der Waals surface area contributed by atoms with Gasteiger partial charge in [0.05, 0.1) is 0 Å². The lowest BCUT2D eigenvalue weighted by Crippen LogP contribution is -2.22. The minimum absolute atomic E-state index is 0.107. The van der Waals surface area contributed by atoms with Crippen molar-refractivity contribution in [3.8, 4) is 12.3 Å². The summed E-state index contributed by atoms with van der Waals surface area (Å²) in [6.45, 7) is 3.00. The van der Waals surface area contributed by atoms with Gasteiger partial charge in [0.15, 0.2) is 0 Å². The molecule has 0 spiro atoms. The summed E-state index contributed by atoms with van der Waals surface area (Å²) in [5.74, 6) is 2.41. The summed E-state index contributed by atoms with van der Waals surface area (Å²) < 4.78 is 14.2. The Morgan fingerprint density at radius 3 is 2.94 bits per heavy atom. The van der Waals surface area contributed by atoms with E-state index in [9.17, 15) is 4.39 Å². The van der Waals surface area contributed by atoms with E-state index in [1.807, 2.05) is 0 Å². The van der Waals surface area contributed by atoms with Crippen molar-refractivity contribution >= 4 is 15.9 Å². The lowest BCUT2D eigenvalue weighted by molar-refractivity contribution is 0.500. The first-order valence-electron chi connectivity index (χ1n) is 5.80. The van der Waals surface area contributed by atoms with Crippen LogP contribution < -0.4 is 5.32 Å². The molecule has 3 heteroatoms. The number of hydrogen-bond donors (Lipinski definition) is 1. The molecule has 0 aromatic heterocycles. The van der Waals surface area contributed by atoms with Gasteiger partial charge in [0.1, 0.15) is 5.82 Å². The Kier molecular flexibility index (Phi) is 6.25. The SMILES string of the molecule is C#CCCC(NCCC)c1cc(F)ccc1Br. The molecule has 0 heterocycles. The van der Waals surface area contributed by atoms with E-state index in [1.165, 1.54) is 6.07 Å². The molecule has 0 aliphatic heterocycles. The molecule has 1 aromatic rings. The van der Waals surface area contributed by atoms with Crippen LogP contribution in [-0.2, 0) is 0 Å². The van der Waals surface area contributed by atoms with Gasteiger partial charge in [0.25, 0.3) is 0 Å². The molecular weight excluding hydrogens is 281 g/mol. The van der Waals surface area contributed by atoms with E-state index in [4.69, 9.17) is 6.42 Å². The maximum absolute atomic E-state index is 13.3. The Balaban J connectivity index is 2.86. The number of rotatable bonds is 6. The highest BCUT2D eigenvalue weighted by Crippen LogP contribution is 2.27. The van der Waals surface area contributed by atoms with Gasteiger partial charge < -0.3 is 5.32 Å². The smallest absolute Gasteiger partial charge is 0.123 e. The van der Waals surface area contributed by atoms with E-state index in [-0.39, 0.29) is 11.9 Å². The van der Waals surface area contributed by atoms with Crippen molar-refractivity contribution in [2.45, 2.75) is 32.2 Å². The van der Waals surface area contributed by atoms with Gasteiger partial charge in [-0.25, -0.2) is 4.39 Å². The van der Waals surface area contributed by atoms with Crippen LogP contribution in [0.4, 0.5) is 4.39 Å². The molecule has 17 heavy (non-hydrogen) atoms. The van der Waals surface area contributed by atoms with Crippen LogP contribution in [0.2, 0.25) is 0 Å². The molecule has 0 radical (unpaired) electrons. The molecule has 1 rings (SSSR count). The highest BCUT2D eigenvalue weighted by molar-refractivity contribution is 9.10. The first kappa shape index (κ1) is 14.2. The third kappa shape index (κ3) is 4.49. The summed E-state index contributed by atoms with van der Waals surface area (Å²) >= 11 is 3.46. The number of halogens is 2. The van der Waals surface area contributed by atoms with Crippen LogP contribution in [0.5, 0.6) is 0 Å². The molecule has 92 valence electrons. The molecule has 0 saturated carbocycles. The topological polar surface area (TPSA) is 12.0 Å². The molecule has 0 aliphatic carbocycles. The third-order valence-corrected chi connectivity index (χ3v) is 3.27. The number of terminal acetylenes is 1. The quantitative estimate of drug-likeness (QED) is 0.782. The molecule has 0 saturated heterocycles. The van der Waals surface area contributed by atoms with Crippen LogP contribution >= 0.6 is 15.9 Å². The molecule has 1 N–H and O–H groups in total. The van der Waals surface area contributed by atoms with Gasteiger partial charge in [-0.05, 0) is 43.1 Å². The van der Waals surface area contributed by atoms with Gasteiger partial charge in [-0.2, -0.15) is 0 Å². The second-order valence-corrected chi connectivity index (χ2v) is 4.77. The average molecular weight is 298 g/mol. The van der Waals surface area contributed by atoms with E-state index >= 15 is 0 Å². The Bertz CT molecular complexity index is 398. The summed E-state index contributed by atoms with van der Waals surface area (Å²) in [6.07, 6.45) is 7.83. The molecule has 1 nitrogen and oxygen atoms in total. The van der Waals surface area contributed by atoms with E-state index < -0.39 is 0 Å². The van der Waals surface area contributed by atoms with Gasteiger partial charge in [0.2, 0.25) is 0 Å². The Hall–Kier alpha value is -0.850. The van der Waals surface area contributed by atoms with Crippen molar-refractivity contribution < 1.29 is 4.39 Å². The molecule has 1 unspecified atom stereocenters. The highest BCUT2D eigenvalue weighted by Gasteiger charge is 2.13. The van der Waals surface area contributed by atoms with Crippen molar-refractivity contribution in [3.63, 3.8) is 0 Å². The number of hydrogen-bond acceptors (Lipinski definition) is 1. The first-order valence-corrected chi connectivity index (χ1v) is 6.60. The largest absolute Gasteiger partial charge is 0.310 e. The summed E-state index contributed by atoms with van der Waals surface area (Å²) in [5.41, 5.74) is 0.939. The van der Waals surface area contributed by atoms with Crippen molar-refractivity contribution in [2.24, 2.45) is 0 Å². The van der Waals surface area contributed by atoms with Crippen LogP contribution in [0.25, 0.3) is 0 Å². The third-order valence-electron chi connectivity index (χ3n) is 2.55. The normalized spacial score (nSPS) is 12.1. The summed E-state index contributed by atoms with van der Waals surface area (Å²) in [7, 11) is 0. The lowest BCUT2D eigenvalue weighted by atomic mass is 10.0. The van der Waals surface area contributed by atoms with E-state index in [0.717, 1.165) is 29.4 Å². The van der Waals surface area contributed by atoms with E-state index in [0.29, 0.717) is 6.42 Å². The Morgan fingerprint density at radius 1 is 1.53 bits per heavy atom. The minimum atomic E-state index is -0.216. The lowest BCUT2D eigenvalue weighted by Gasteiger charge is -2.19. The summed E-state index contributed by atoms with van der Waals surface area (Å²) in [4.78, 5) is 0. The second kappa shape index (κ2) is 7.47. The maximum Gasteiger partial charge on any atom is 0.123 e. The van der Waals surface area contributed by atoms with Gasteiger partial charge in [0, 0.05) is 16.9 Å². The van der Waals surface area contributed by atoms with Crippen molar-refractivity contribution in [1.82, 2.24) is 5.32 Å². The van der Waals surface area contributed by atoms with Crippen LogP contribution in [-0.4, -0.2) is 6.54 Å². The predicted octanol–water partition coefficient (Wildman–Crippen LogP) is 4.04. The zero-order valence-corrected chi connectivity index (χ0v) is 11.6. The van der Waals surface area contributed by atoms with Gasteiger partial charge >= 0.3 is 0 Å². The Morgan fingerprint density at radius 2 is 2.29 bits per heavy atom. The molecule has 0 amide bonds. The zero-order chi connectivity index (χ0) is 12.7. The molecule has 0 bridgehead atoms. The summed E-state index contributed by atoms with van der Waals surface area (Å²) in [5, 5.41) is 3.40. The number of benzene rings is 1. The minimum Gasteiger partial charge on any atom is -0.310 e. The molecule has 1 aromatic carbocycles. The van der Waals surface area contributed by atoms with Crippen LogP contribution in [0, 0.1) is 18.2 Å². The van der Waals surface area contributed by atoms with Crippen LogP contribution in [0.15, 0.2) is 22.7 Å². The molecular formula is C14H17BrFN. The fraction of sp³-hybridized carbons (Fsp3) is 0.429. The van der Waals surface area contributed by atoms with Gasteiger partial charge in [-0.1, -0.05) is 22.9 Å². The van der Waals surface area contributed by atoms with Crippen molar-refractivity contribution in [1.29, 1.82) is 0 Å². The molecule has 1 atom stereocenters. The monoisotopic (exact) mass is 297 g/mol. The van der Waals surface area contributed by atoms with E-state index in [1.54, 1.807) is 12.1 Å². The van der Waals surface area contributed by atoms with Crippen LogP contribution in [0.3, 0.4) is 0 Å². The standard InChI is InChI=1S/C14H17BrFN/c1-3-5-6-14(17-9-4-2)12-10-11(16)7-8-13(12)15/h1,7-8,10,14,17H,4-6,9H2,2H3. The zero-order valence-electron chi connectivity index (χ0n) is 9.97. The predicted molar refractivity (Wildman–Crippen MR) is 73.2 cm³/mol. The highest BCUT2D eigenvalue weighted by atomic mass is 79.9. The van der Waals surface area contributed by atoms with E-state index in [2.05, 4.69) is 34.1 Å². The fourth-order valence-electron chi connectivity index (χ4n) is 1.70. The molecule has 0 fully saturated rings. The fourth-order valence-corrected chi connectivity index (χ4v) is 2.22. The van der Waals surface area contributed by atoms with Crippen molar-refractivity contribution in [3.05, 3.63) is 34.1 Å².